The van der Waals surface area contributed by atoms with Gasteiger partial charge in [0.15, 0.2) is 0 Å². The topological polar surface area (TPSA) is 72.5 Å². The number of carbonyl (C=O) groups excluding carboxylic acids is 1. The minimum absolute atomic E-state index is 0.223. The van der Waals surface area contributed by atoms with E-state index in [1.807, 2.05) is 0 Å². The van der Waals surface area contributed by atoms with Crippen molar-refractivity contribution in [1.29, 1.82) is 0 Å². The van der Waals surface area contributed by atoms with Gasteiger partial charge in [-0.2, -0.15) is 0 Å². The Morgan fingerprint density at radius 1 is 1.47 bits per heavy atom. The fourth-order valence-electron chi connectivity index (χ4n) is 1.02. The molecule has 0 radical (unpaired) electrons. The third-order valence-electron chi connectivity index (χ3n) is 1.92. The van der Waals surface area contributed by atoms with Gasteiger partial charge in [-0.05, 0) is 31.2 Å². The van der Waals surface area contributed by atoms with Crippen molar-refractivity contribution in [3.63, 3.8) is 0 Å². The number of hydrogen-bond acceptors (Lipinski definition) is 4. The molecular formula is C11H15NO3. The molecule has 0 bridgehead atoms. The zero-order valence-electron chi connectivity index (χ0n) is 8.64. The standard InChI is InChI=1S/C11H15NO3/c1-8(13)6-7-15-11(14)9-2-4-10(12)5-3-9/h2-5,8,13H,6-7,12H2,1H3. The van der Waals surface area contributed by atoms with E-state index in [-0.39, 0.29) is 6.61 Å². The molecular weight excluding hydrogens is 194 g/mol. The van der Waals surface area contributed by atoms with E-state index in [4.69, 9.17) is 15.6 Å². The number of carbonyl (C=O) groups is 1. The maximum atomic E-state index is 11.4. The summed E-state index contributed by atoms with van der Waals surface area (Å²) in [5.41, 5.74) is 6.56. The number of ether oxygens (including phenoxy) is 1. The van der Waals surface area contributed by atoms with E-state index in [2.05, 4.69) is 0 Å². The first-order chi connectivity index (χ1) is 7.09. The second-order valence-corrected chi connectivity index (χ2v) is 3.40. The van der Waals surface area contributed by atoms with Crippen molar-refractivity contribution in [2.24, 2.45) is 0 Å². The van der Waals surface area contributed by atoms with Gasteiger partial charge in [0.2, 0.25) is 0 Å². The Hall–Kier alpha value is -1.55. The van der Waals surface area contributed by atoms with Gasteiger partial charge >= 0.3 is 5.97 Å². The Morgan fingerprint density at radius 3 is 2.60 bits per heavy atom. The number of aliphatic hydroxyl groups is 1. The van der Waals surface area contributed by atoms with Gasteiger partial charge in [0.1, 0.15) is 0 Å². The molecule has 1 rings (SSSR count). The molecule has 0 fully saturated rings. The Labute approximate surface area is 88.7 Å². The molecule has 0 aliphatic rings. The van der Waals surface area contributed by atoms with Crippen LogP contribution in [0.15, 0.2) is 24.3 Å². The van der Waals surface area contributed by atoms with E-state index in [0.717, 1.165) is 0 Å². The fourth-order valence-corrected chi connectivity index (χ4v) is 1.02. The minimum Gasteiger partial charge on any atom is -0.462 e. The summed E-state index contributed by atoms with van der Waals surface area (Å²) in [6.07, 6.45) is -0.00928. The van der Waals surface area contributed by atoms with Gasteiger partial charge in [-0.3, -0.25) is 0 Å². The highest BCUT2D eigenvalue weighted by Crippen LogP contribution is 2.07. The van der Waals surface area contributed by atoms with Crippen LogP contribution in [0.5, 0.6) is 0 Å². The summed E-state index contributed by atoms with van der Waals surface area (Å²) in [7, 11) is 0. The Kier molecular flexibility index (Phi) is 4.12. The molecule has 0 spiro atoms. The molecule has 0 aliphatic carbocycles. The van der Waals surface area contributed by atoms with Gasteiger partial charge in [0.05, 0.1) is 18.3 Å². The van der Waals surface area contributed by atoms with Crippen LogP contribution in [0.3, 0.4) is 0 Å². The average Bonchev–Trinajstić information content (AvgIpc) is 2.18. The van der Waals surface area contributed by atoms with Gasteiger partial charge in [-0.15, -0.1) is 0 Å². The van der Waals surface area contributed by atoms with E-state index >= 15 is 0 Å². The van der Waals surface area contributed by atoms with E-state index in [1.165, 1.54) is 0 Å². The number of esters is 1. The van der Waals surface area contributed by atoms with Crippen LogP contribution in [0.25, 0.3) is 0 Å². The van der Waals surface area contributed by atoms with Crippen LogP contribution in [-0.2, 0) is 4.74 Å². The molecule has 1 aromatic carbocycles. The third kappa shape index (κ3) is 3.99. The van der Waals surface area contributed by atoms with Crippen molar-refractivity contribution in [2.75, 3.05) is 12.3 Å². The van der Waals surface area contributed by atoms with Crippen LogP contribution in [0.4, 0.5) is 5.69 Å². The Bertz CT molecular complexity index is 319. The number of benzene rings is 1. The van der Waals surface area contributed by atoms with Crippen LogP contribution in [0, 0.1) is 0 Å². The molecule has 15 heavy (non-hydrogen) atoms. The number of rotatable bonds is 4. The monoisotopic (exact) mass is 209 g/mol. The zero-order valence-corrected chi connectivity index (χ0v) is 8.64. The van der Waals surface area contributed by atoms with Crippen LogP contribution in [-0.4, -0.2) is 23.8 Å². The van der Waals surface area contributed by atoms with Gasteiger partial charge in [0, 0.05) is 12.1 Å². The second kappa shape index (κ2) is 5.36. The molecule has 1 atom stereocenters. The van der Waals surface area contributed by atoms with Crippen LogP contribution in [0.2, 0.25) is 0 Å². The van der Waals surface area contributed by atoms with Gasteiger partial charge < -0.3 is 15.6 Å². The molecule has 1 aromatic rings. The quantitative estimate of drug-likeness (QED) is 0.577. The molecule has 0 aliphatic heterocycles. The molecule has 0 heterocycles. The molecule has 4 nitrogen and oxygen atoms in total. The first-order valence-electron chi connectivity index (χ1n) is 4.80. The van der Waals surface area contributed by atoms with Crippen LogP contribution in [0.1, 0.15) is 23.7 Å². The normalized spacial score (nSPS) is 12.1. The van der Waals surface area contributed by atoms with Crippen molar-refractivity contribution in [3.05, 3.63) is 29.8 Å². The summed E-state index contributed by atoms with van der Waals surface area (Å²) in [4.78, 5) is 11.4. The van der Waals surface area contributed by atoms with E-state index in [9.17, 15) is 4.79 Å². The summed E-state index contributed by atoms with van der Waals surface area (Å²) >= 11 is 0. The minimum atomic E-state index is -0.454. The summed E-state index contributed by atoms with van der Waals surface area (Å²) < 4.78 is 4.94. The fraction of sp³-hybridized carbons (Fsp3) is 0.364. The van der Waals surface area contributed by atoms with Crippen molar-refractivity contribution in [1.82, 2.24) is 0 Å². The van der Waals surface area contributed by atoms with Crippen molar-refractivity contribution in [2.45, 2.75) is 19.4 Å². The molecule has 0 amide bonds. The lowest BCUT2D eigenvalue weighted by atomic mass is 10.2. The predicted molar refractivity (Wildman–Crippen MR) is 57.4 cm³/mol. The molecule has 82 valence electrons. The maximum Gasteiger partial charge on any atom is 0.338 e. The molecule has 1 unspecified atom stereocenters. The second-order valence-electron chi connectivity index (χ2n) is 3.40. The zero-order chi connectivity index (χ0) is 11.3. The highest BCUT2D eigenvalue weighted by Gasteiger charge is 2.06. The number of aliphatic hydroxyl groups excluding tert-OH is 1. The first-order valence-corrected chi connectivity index (χ1v) is 4.80. The average molecular weight is 209 g/mol. The Balaban J connectivity index is 2.43. The van der Waals surface area contributed by atoms with Gasteiger partial charge in [-0.25, -0.2) is 4.79 Å². The highest BCUT2D eigenvalue weighted by atomic mass is 16.5. The summed E-state index contributed by atoms with van der Waals surface area (Å²) in [6, 6.07) is 6.51. The first kappa shape index (κ1) is 11.5. The number of nitrogen functional groups attached to an aromatic ring is 1. The van der Waals surface area contributed by atoms with E-state index in [1.54, 1.807) is 31.2 Å². The summed E-state index contributed by atoms with van der Waals surface area (Å²) in [6.45, 7) is 1.87. The predicted octanol–water partition coefficient (Wildman–Crippen LogP) is 1.20. The molecule has 4 heteroatoms. The van der Waals surface area contributed by atoms with Crippen molar-refractivity contribution >= 4 is 11.7 Å². The number of hydrogen-bond donors (Lipinski definition) is 2. The highest BCUT2D eigenvalue weighted by molar-refractivity contribution is 5.89. The number of anilines is 1. The Morgan fingerprint density at radius 2 is 2.07 bits per heavy atom. The van der Waals surface area contributed by atoms with E-state index in [0.29, 0.717) is 17.7 Å². The lowest BCUT2D eigenvalue weighted by molar-refractivity contribution is 0.0444. The van der Waals surface area contributed by atoms with Crippen LogP contribution >= 0.6 is 0 Å². The lowest BCUT2D eigenvalue weighted by Crippen LogP contribution is -2.10. The van der Waals surface area contributed by atoms with Gasteiger partial charge in [-0.1, -0.05) is 0 Å². The van der Waals surface area contributed by atoms with Gasteiger partial charge in [0.25, 0.3) is 0 Å². The molecule has 0 aromatic heterocycles. The molecule has 0 saturated heterocycles. The van der Waals surface area contributed by atoms with Crippen molar-refractivity contribution < 1.29 is 14.6 Å². The van der Waals surface area contributed by atoms with E-state index < -0.39 is 12.1 Å². The maximum absolute atomic E-state index is 11.4. The summed E-state index contributed by atoms with van der Waals surface area (Å²) in [5, 5.41) is 8.96. The van der Waals surface area contributed by atoms with Crippen molar-refractivity contribution in [3.8, 4) is 0 Å². The SMILES string of the molecule is CC(O)CCOC(=O)c1ccc(N)cc1. The summed E-state index contributed by atoms with van der Waals surface area (Å²) in [5.74, 6) is -0.393. The smallest absolute Gasteiger partial charge is 0.338 e. The number of nitrogens with two attached hydrogens (primary N) is 1. The lowest BCUT2D eigenvalue weighted by Gasteiger charge is -2.06. The molecule has 0 saturated carbocycles. The van der Waals surface area contributed by atoms with Crippen LogP contribution < -0.4 is 5.73 Å². The molecule has 3 N–H and O–H groups in total. The largest absolute Gasteiger partial charge is 0.462 e. The third-order valence-corrected chi connectivity index (χ3v) is 1.92.